The summed E-state index contributed by atoms with van der Waals surface area (Å²) in [5, 5.41) is 1.88. The van der Waals surface area contributed by atoms with Crippen LogP contribution in [0.1, 0.15) is 18.1 Å². The van der Waals surface area contributed by atoms with Crippen molar-refractivity contribution >= 4 is 29.6 Å². The van der Waals surface area contributed by atoms with Crippen molar-refractivity contribution in [3.63, 3.8) is 0 Å². The molecule has 27 heavy (non-hydrogen) atoms. The second-order valence-corrected chi connectivity index (χ2v) is 5.57. The number of rotatable bonds is 6. The van der Waals surface area contributed by atoms with Gasteiger partial charge in [0.1, 0.15) is 5.75 Å². The SMILES string of the molecule is COc1ccccc1/C=C(/C(=O)O[C@H](C)C(=O)NC(N)=O)c1ccccc1. The molecule has 0 unspecified atom stereocenters. The predicted molar refractivity (Wildman–Crippen MR) is 101 cm³/mol. The Morgan fingerprint density at radius 1 is 1.04 bits per heavy atom. The normalized spacial score (nSPS) is 12.0. The molecule has 0 fully saturated rings. The zero-order chi connectivity index (χ0) is 19.8. The average Bonchev–Trinajstić information content (AvgIpc) is 2.66. The van der Waals surface area contributed by atoms with E-state index in [1.807, 2.05) is 23.5 Å². The van der Waals surface area contributed by atoms with E-state index in [4.69, 9.17) is 15.2 Å². The summed E-state index contributed by atoms with van der Waals surface area (Å²) in [4.78, 5) is 35.3. The van der Waals surface area contributed by atoms with Gasteiger partial charge in [-0.15, -0.1) is 0 Å². The van der Waals surface area contributed by atoms with Crippen LogP contribution in [0.25, 0.3) is 11.6 Å². The van der Waals surface area contributed by atoms with Gasteiger partial charge in [0.25, 0.3) is 5.91 Å². The fourth-order valence-electron chi connectivity index (χ4n) is 2.32. The average molecular weight is 368 g/mol. The summed E-state index contributed by atoms with van der Waals surface area (Å²) >= 11 is 0. The summed E-state index contributed by atoms with van der Waals surface area (Å²) in [6.07, 6.45) is 0.421. The molecule has 2 aromatic rings. The highest BCUT2D eigenvalue weighted by Crippen LogP contribution is 2.25. The molecule has 2 aromatic carbocycles. The number of imide groups is 1. The van der Waals surface area contributed by atoms with E-state index in [9.17, 15) is 14.4 Å². The van der Waals surface area contributed by atoms with Crippen LogP contribution in [0.2, 0.25) is 0 Å². The van der Waals surface area contributed by atoms with Crippen LogP contribution >= 0.6 is 0 Å². The second-order valence-electron chi connectivity index (χ2n) is 5.57. The van der Waals surface area contributed by atoms with E-state index in [0.29, 0.717) is 16.9 Å². The molecular formula is C20H20N2O5. The van der Waals surface area contributed by atoms with Crippen LogP contribution in [0, 0.1) is 0 Å². The third-order valence-electron chi connectivity index (χ3n) is 3.64. The Bertz CT molecular complexity index is 862. The van der Waals surface area contributed by atoms with Gasteiger partial charge in [-0.1, -0.05) is 48.5 Å². The quantitative estimate of drug-likeness (QED) is 0.462. The number of hydrogen-bond donors (Lipinski definition) is 2. The zero-order valence-corrected chi connectivity index (χ0v) is 15.0. The third kappa shape index (κ3) is 5.43. The first-order chi connectivity index (χ1) is 12.9. The van der Waals surface area contributed by atoms with Crippen LogP contribution in [0.4, 0.5) is 4.79 Å². The molecule has 0 radical (unpaired) electrons. The van der Waals surface area contributed by atoms with E-state index in [2.05, 4.69) is 0 Å². The highest BCUT2D eigenvalue weighted by Gasteiger charge is 2.22. The van der Waals surface area contributed by atoms with Crippen LogP contribution < -0.4 is 15.8 Å². The molecule has 0 aromatic heterocycles. The minimum absolute atomic E-state index is 0.235. The minimum Gasteiger partial charge on any atom is -0.496 e. The number of methoxy groups -OCH3 is 1. The molecule has 0 saturated carbocycles. The fraction of sp³-hybridized carbons (Fsp3) is 0.150. The van der Waals surface area contributed by atoms with Gasteiger partial charge < -0.3 is 15.2 Å². The first-order valence-electron chi connectivity index (χ1n) is 8.13. The predicted octanol–water partition coefficient (Wildman–Crippen LogP) is 2.36. The van der Waals surface area contributed by atoms with Gasteiger partial charge in [-0.05, 0) is 24.6 Å². The van der Waals surface area contributed by atoms with E-state index in [1.54, 1.807) is 42.5 Å². The lowest BCUT2D eigenvalue weighted by Gasteiger charge is -2.14. The number of nitrogens with two attached hydrogens (primary N) is 1. The number of benzene rings is 2. The Morgan fingerprint density at radius 3 is 2.30 bits per heavy atom. The topological polar surface area (TPSA) is 108 Å². The van der Waals surface area contributed by atoms with Crippen molar-refractivity contribution in [3.05, 3.63) is 65.7 Å². The van der Waals surface area contributed by atoms with Crippen LogP contribution in [-0.4, -0.2) is 31.1 Å². The first-order valence-corrected chi connectivity index (χ1v) is 8.13. The van der Waals surface area contributed by atoms with Crippen molar-refractivity contribution in [1.82, 2.24) is 5.32 Å². The molecule has 2 rings (SSSR count). The molecule has 7 heteroatoms. The number of carbonyl (C=O) groups is 3. The van der Waals surface area contributed by atoms with Crippen molar-refractivity contribution in [2.45, 2.75) is 13.0 Å². The Balaban J connectivity index is 2.36. The Kier molecular flexibility index (Phi) is 6.71. The highest BCUT2D eigenvalue weighted by molar-refractivity contribution is 6.22. The molecule has 3 amide bonds. The van der Waals surface area contributed by atoms with Crippen molar-refractivity contribution in [1.29, 1.82) is 0 Å². The molecule has 3 N–H and O–H groups in total. The minimum atomic E-state index is -1.20. The molecule has 0 aliphatic rings. The van der Waals surface area contributed by atoms with Crippen LogP contribution in [0.3, 0.4) is 0 Å². The summed E-state index contributed by atoms with van der Waals surface area (Å²) < 4.78 is 10.5. The number of nitrogens with one attached hydrogen (secondary N) is 1. The van der Waals surface area contributed by atoms with E-state index in [1.165, 1.54) is 14.0 Å². The number of urea groups is 1. The largest absolute Gasteiger partial charge is 0.496 e. The number of hydrogen-bond acceptors (Lipinski definition) is 5. The maximum absolute atomic E-state index is 12.7. The molecule has 1 atom stereocenters. The Labute approximate surface area is 156 Å². The summed E-state index contributed by atoms with van der Waals surface area (Å²) in [6, 6.07) is 15.0. The maximum atomic E-state index is 12.7. The Hall–Kier alpha value is -3.61. The number of carbonyl (C=O) groups excluding carboxylic acids is 3. The van der Waals surface area contributed by atoms with Gasteiger partial charge in [0.15, 0.2) is 6.10 Å². The molecular weight excluding hydrogens is 348 g/mol. The number of ether oxygens (including phenoxy) is 2. The van der Waals surface area contributed by atoms with E-state index in [0.717, 1.165) is 0 Å². The fourth-order valence-corrected chi connectivity index (χ4v) is 2.32. The lowest BCUT2D eigenvalue weighted by Crippen LogP contribution is -2.42. The summed E-state index contributed by atoms with van der Waals surface area (Å²) in [5.41, 5.74) is 6.42. The standard InChI is InChI=1S/C20H20N2O5/c1-13(18(23)22-20(21)25)27-19(24)16(14-8-4-3-5-9-14)12-15-10-6-7-11-17(15)26-2/h3-13H,1-2H3,(H3,21,22,23,25)/b16-12+/t13-/m1/s1. The number of amides is 3. The van der Waals surface area contributed by atoms with Crippen molar-refractivity contribution in [3.8, 4) is 5.75 Å². The lowest BCUT2D eigenvalue weighted by atomic mass is 10.0. The monoisotopic (exact) mass is 368 g/mol. The summed E-state index contributed by atoms with van der Waals surface area (Å²) in [6.45, 7) is 1.35. The summed E-state index contributed by atoms with van der Waals surface area (Å²) in [7, 11) is 1.53. The molecule has 0 saturated heterocycles. The summed E-state index contributed by atoms with van der Waals surface area (Å²) in [5.74, 6) is -0.946. The zero-order valence-electron chi connectivity index (χ0n) is 15.0. The van der Waals surface area contributed by atoms with E-state index >= 15 is 0 Å². The highest BCUT2D eigenvalue weighted by atomic mass is 16.5. The van der Waals surface area contributed by atoms with Gasteiger partial charge in [0.2, 0.25) is 0 Å². The second kappa shape index (κ2) is 9.19. The van der Waals surface area contributed by atoms with E-state index < -0.39 is 24.0 Å². The maximum Gasteiger partial charge on any atom is 0.339 e. The Morgan fingerprint density at radius 2 is 1.67 bits per heavy atom. The third-order valence-corrected chi connectivity index (χ3v) is 3.64. The van der Waals surface area contributed by atoms with Crippen LogP contribution in [0.5, 0.6) is 5.75 Å². The van der Waals surface area contributed by atoms with Gasteiger partial charge in [-0.2, -0.15) is 0 Å². The van der Waals surface area contributed by atoms with Gasteiger partial charge >= 0.3 is 12.0 Å². The molecule has 140 valence electrons. The molecule has 0 spiro atoms. The molecule has 0 heterocycles. The number of para-hydroxylation sites is 1. The molecule has 0 aliphatic carbocycles. The molecule has 7 nitrogen and oxygen atoms in total. The van der Waals surface area contributed by atoms with Gasteiger partial charge in [0.05, 0.1) is 12.7 Å². The van der Waals surface area contributed by atoms with E-state index in [-0.39, 0.29) is 5.57 Å². The molecule has 0 bridgehead atoms. The number of esters is 1. The molecule has 0 aliphatic heterocycles. The number of primary amides is 1. The van der Waals surface area contributed by atoms with Gasteiger partial charge in [-0.3, -0.25) is 10.1 Å². The van der Waals surface area contributed by atoms with Crippen molar-refractivity contribution in [2.24, 2.45) is 5.73 Å². The van der Waals surface area contributed by atoms with Crippen molar-refractivity contribution < 1.29 is 23.9 Å². The van der Waals surface area contributed by atoms with Crippen molar-refractivity contribution in [2.75, 3.05) is 7.11 Å². The first kappa shape index (κ1) is 19.7. The van der Waals surface area contributed by atoms with Crippen LogP contribution in [-0.2, 0) is 14.3 Å². The van der Waals surface area contributed by atoms with Gasteiger partial charge in [0, 0.05) is 5.56 Å². The van der Waals surface area contributed by atoms with Crippen LogP contribution in [0.15, 0.2) is 54.6 Å². The van der Waals surface area contributed by atoms with Gasteiger partial charge in [-0.25, -0.2) is 9.59 Å². The lowest BCUT2D eigenvalue weighted by molar-refractivity contribution is -0.148. The smallest absolute Gasteiger partial charge is 0.339 e.